The quantitative estimate of drug-likeness (QED) is 0.278. The van der Waals surface area contributed by atoms with Crippen molar-refractivity contribution >= 4 is 23.1 Å². The molecule has 2 fully saturated rings. The van der Waals surface area contributed by atoms with Gasteiger partial charge in [-0.05, 0) is 58.7 Å². The van der Waals surface area contributed by atoms with Gasteiger partial charge in [0.25, 0.3) is 0 Å². The van der Waals surface area contributed by atoms with Crippen molar-refractivity contribution in [2.75, 3.05) is 4.90 Å². The molecule has 1 heterocycles. The molecule has 1 aliphatic heterocycles. The van der Waals surface area contributed by atoms with Crippen LogP contribution in [0.1, 0.15) is 11.1 Å². The topological polar surface area (TPSA) is 37.4 Å². The number of hydrogen-bond donors (Lipinski definition) is 0. The molecule has 0 radical (unpaired) electrons. The summed E-state index contributed by atoms with van der Waals surface area (Å²) in [6.45, 7) is 0. The highest BCUT2D eigenvalue weighted by atomic mass is 19.1. The minimum atomic E-state index is -0.880. The summed E-state index contributed by atoms with van der Waals surface area (Å²) in [5.41, 5.74) is 2.76. The molecule has 2 bridgehead atoms. The lowest BCUT2D eigenvalue weighted by molar-refractivity contribution is -0.122. The molecular weight excluding hydrogens is 458 g/mol. The first-order valence-electron chi connectivity index (χ1n) is 11.1. The molecule has 7 heteroatoms. The largest absolute Gasteiger partial charge is 0.274 e. The molecule has 1 saturated carbocycles. The van der Waals surface area contributed by atoms with E-state index in [1.165, 1.54) is 24.3 Å². The smallest absolute Gasteiger partial charge is 0.238 e. The van der Waals surface area contributed by atoms with Crippen LogP contribution in [0.25, 0.3) is 5.57 Å². The van der Waals surface area contributed by atoms with Crippen molar-refractivity contribution in [1.82, 2.24) is 0 Å². The minimum Gasteiger partial charge on any atom is -0.274 e. The van der Waals surface area contributed by atoms with Crippen LogP contribution in [-0.2, 0) is 9.59 Å². The summed E-state index contributed by atoms with van der Waals surface area (Å²) in [6.07, 6.45) is 3.74. The molecule has 2 amide bonds. The Morgan fingerprint density at radius 1 is 0.600 bits per heavy atom. The van der Waals surface area contributed by atoms with Gasteiger partial charge in [-0.25, -0.2) is 22.5 Å². The van der Waals surface area contributed by atoms with E-state index in [4.69, 9.17) is 0 Å². The summed E-state index contributed by atoms with van der Waals surface area (Å²) in [7, 11) is 0. The number of nitrogens with zero attached hydrogens (tertiary/aromatic N) is 1. The van der Waals surface area contributed by atoms with Gasteiger partial charge in [-0.15, -0.1) is 0 Å². The lowest BCUT2D eigenvalue weighted by atomic mass is 9.85. The highest BCUT2D eigenvalue weighted by Crippen LogP contribution is 2.58. The van der Waals surface area contributed by atoms with Gasteiger partial charge >= 0.3 is 0 Å². The zero-order chi connectivity index (χ0) is 24.4. The number of fused-ring (bicyclic) bond motifs is 5. The number of imide groups is 1. The van der Waals surface area contributed by atoms with Gasteiger partial charge in [0.15, 0.2) is 0 Å². The fourth-order valence-electron chi connectivity index (χ4n) is 5.75. The van der Waals surface area contributed by atoms with Gasteiger partial charge in [-0.3, -0.25) is 9.59 Å². The predicted molar refractivity (Wildman–Crippen MR) is 121 cm³/mol. The number of anilines is 1. The van der Waals surface area contributed by atoms with Gasteiger partial charge in [-0.2, -0.15) is 0 Å². The fourth-order valence-corrected chi connectivity index (χ4v) is 5.75. The average Bonchev–Trinajstić information content (AvgIpc) is 3.45. The molecule has 4 unspecified atom stereocenters. The van der Waals surface area contributed by atoms with Crippen LogP contribution in [-0.4, -0.2) is 11.8 Å². The Morgan fingerprint density at radius 3 is 1.46 bits per heavy atom. The first-order chi connectivity index (χ1) is 16.8. The maximum Gasteiger partial charge on any atom is 0.238 e. The second-order valence-electron chi connectivity index (χ2n) is 8.97. The molecular formula is C28H17F4NO2. The van der Waals surface area contributed by atoms with Gasteiger partial charge in [0, 0.05) is 17.9 Å². The number of hydrogen-bond acceptors (Lipinski definition) is 2. The Labute approximate surface area is 198 Å². The van der Waals surface area contributed by atoms with E-state index < -0.39 is 58.8 Å². The molecule has 0 N–H and O–H groups in total. The van der Waals surface area contributed by atoms with Crippen molar-refractivity contribution < 1.29 is 27.2 Å². The maximum absolute atomic E-state index is 13.8. The number of rotatable bonds is 3. The van der Waals surface area contributed by atoms with Crippen molar-refractivity contribution in [3.8, 4) is 0 Å². The summed E-state index contributed by atoms with van der Waals surface area (Å²) in [4.78, 5) is 27.8. The number of benzene rings is 3. The summed E-state index contributed by atoms with van der Waals surface area (Å²) in [5.74, 6) is -5.94. The summed E-state index contributed by atoms with van der Waals surface area (Å²) in [6, 6.07) is 14.3. The first-order valence-corrected chi connectivity index (χ1v) is 11.1. The Morgan fingerprint density at radius 2 is 1.03 bits per heavy atom. The monoisotopic (exact) mass is 475 g/mol. The van der Waals surface area contributed by atoms with Gasteiger partial charge in [0.2, 0.25) is 11.8 Å². The molecule has 3 aromatic carbocycles. The molecule has 4 atom stereocenters. The van der Waals surface area contributed by atoms with E-state index in [2.05, 4.69) is 0 Å². The van der Waals surface area contributed by atoms with E-state index in [-0.39, 0.29) is 5.69 Å². The van der Waals surface area contributed by atoms with E-state index in [1.807, 2.05) is 12.2 Å². The van der Waals surface area contributed by atoms with Crippen molar-refractivity contribution in [1.29, 1.82) is 0 Å². The summed E-state index contributed by atoms with van der Waals surface area (Å²) < 4.78 is 55.0. The number of halogens is 4. The summed E-state index contributed by atoms with van der Waals surface area (Å²) >= 11 is 0. The van der Waals surface area contributed by atoms with E-state index in [0.717, 1.165) is 22.6 Å². The number of carbonyl (C=O) groups excluding carboxylic acids is 2. The van der Waals surface area contributed by atoms with Gasteiger partial charge < -0.3 is 0 Å². The van der Waals surface area contributed by atoms with E-state index >= 15 is 0 Å². The molecule has 0 spiro atoms. The maximum atomic E-state index is 13.8. The lowest BCUT2D eigenvalue weighted by Gasteiger charge is -2.21. The number of carbonyl (C=O) groups is 2. The van der Waals surface area contributed by atoms with Crippen LogP contribution in [0.2, 0.25) is 0 Å². The first kappa shape index (κ1) is 21.5. The van der Waals surface area contributed by atoms with Crippen molar-refractivity contribution in [2.24, 2.45) is 23.7 Å². The summed E-state index contributed by atoms with van der Waals surface area (Å²) in [5, 5.41) is 0. The van der Waals surface area contributed by atoms with Crippen LogP contribution in [0, 0.1) is 46.9 Å². The Balaban J connectivity index is 1.49. The normalized spacial score (nSPS) is 24.5. The highest BCUT2D eigenvalue weighted by molar-refractivity contribution is 6.23. The van der Waals surface area contributed by atoms with Crippen LogP contribution >= 0.6 is 0 Å². The second-order valence-corrected chi connectivity index (χ2v) is 8.97. The molecule has 3 nitrogen and oxygen atoms in total. The van der Waals surface area contributed by atoms with Crippen molar-refractivity contribution in [3.63, 3.8) is 0 Å². The Hall–Kier alpha value is -4.00. The molecule has 35 heavy (non-hydrogen) atoms. The van der Waals surface area contributed by atoms with Crippen molar-refractivity contribution in [2.45, 2.75) is 0 Å². The third-order valence-electron chi connectivity index (χ3n) is 7.08. The third-order valence-corrected chi connectivity index (χ3v) is 7.08. The molecule has 3 aliphatic rings. The molecule has 1 saturated heterocycles. The van der Waals surface area contributed by atoms with E-state index in [1.54, 1.807) is 24.3 Å². The zero-order valence-corrected chi connectivity index (χ0v) is 18.1. The fraction of sp³-hybridized carbons (Fsp3) is 0.143. The third kappa shape index (κ3) is 3.26. The van der Waals surface area contributed by atoms with Crippen LogP contribution in [0.15, 0.2) is 84.5 Å². The van der Waals surface area contributed by atoms with Gasteiger partial charge in [-0.1, -0.05) is 36.4 Å². The number of allylic oxidation sites excluding steroid dienone is 3. The Kier molecular flexibility index (Phi) is 4.78. The zero-order valence-electron chi connectivity index (χ0n) is 18.1. The standard InChI is InChI=1S/C28H17F4NO2/c29-16-5-1-14(2-6-16)23(15-3-7-17(30)8-4-15)24-21-9-10-22(24)26-25(21)27(34)33(28(26)35)20-12-18(31)11-19(32)13-20/h1-13,21-22,25-26H. The second kappa shape index (κ2) is 7.77. The van der Waals surface area contributed by atoms with Crippen LogP contribution < -0.4 is 4.90 Å². The molecule has 174 valence electrons. The SMILES string of the molecule is O=C1C2C3C=CC(C3=C(c3ccc(F)cc3)c3ccc(F)cc3)C2C(=O)N1c1cc(F)cc(F)c1. The predicted octanol–water partition coefficient (Wildman–Crippen LogP) is 5.67. The molecule has 0 aromatic heterocycles. The number of amides is 2. The molecule has 3 aromatic rings. The van der Waals surface area contributed by atoms with E-state index in [0.29, 0.717) is 22.8 Å². The van der Waals surface area contributed by atoms with Gasteiger partial charge in [0.05, 0.1) is 17.5 Å². The lowest BCUT2D eigenvalue weighted by Crippen LogP contribution is -2.33. The Bertz CT molecular complexity index is 1340. The average molecular weight is 475 g/mol. The van der Waals surface area contributed by atoms with Crippen LogP contribution in [0.5, 0.6) is 0 Å². The van der Waals surface area contributed by atoms with E-state index in [9.17, 15) is 27.2 Å². The van der Waals surface area contributed by atoms with Gasteiger partial charge in [0.1, 0.15) is 23.3 Å². The molecule has 6 rings (SSSR count). The highest BCUT2D eigenvalue weighted by Gasteiger charge is 2.62. The van der Waals surface area contributed by atoms with Crippen LogP contribution in [0.4, 0.5) is 23.2 Å². The van der Waals surface area contributed by atoms with Crippen molar-refractivity contribution in [3.05, 3.63) is 119 Å². The van der Waals surface area contributed by atoms with Crippen LogP contribution in [0.3, 0.4) is 0 Å². The minimum absolute atomic E-state index is 0.130. The molecule has 2 aliphatic carbocycles.